The molecule has 0 radical (unpaired) electrons. The molecule has 1 fully saturated rings. The number of carbonyl (C=O) groups is 3. The molecule has 2 aromatic rings. The van der Waals surface area contributed by atoms with Gasteiger partial charge >= 0.3 is 6.09 Å². The number of primary amides is 1. The Morgan fingerprint density at radius 3 is 2.83 bits per heavy atom. The van der Waals surface area contributed by atoms with Crippen molar-refractivity contribution < 1.29 is 28.6 Å². The van der Waals surface area contributed by atoms with Crippen LogP contribution in [0, 0.1) is 11.7 Å². The van der Waals surface area contributed by atoms with Gasteiger partial charge in [-0.2, -0.15) is 0 Å². The van der Waals surface area contributed by atoms with Gasteiger partial charge in [-0.3, -0.25) is 14.5 Å². The Hall–Kier alpha value is -3.53. The monoisotopic (exact) mass is 402 g/mol. The number of pyridine rings is 1. The molecule has 29 heavy (non-hydrogen) atoms. The molecule has 0 aliphatic carbocycles. The number of anilines is 2. The van der Waals surface area contributed by atoms with E-state index in [0.29, 0.717) is 5.56 Å². The average Bonchev–Trinajstić information content (AvgIpc) is 3.08. The molecule has 0 bridgehead atoms. The van der Waals surface area contributed by atoms with Gasteiger partial charge in [0, 0.05) is 11.8 Å². The topological polar surface area (TPSA) is 135 Å². The minimum Gasteiger partial charge on any atom is -0.443 e. The molecule has 1 aromatic carbocycles. The number of rotatable bonds is 6. The summed E-state index contributed by atoms with van der Waals surface area (Å²) in [6.45, 7) is 0.939. The van der Waals surface area contributed by atoms with Gasteiger partial charge in [0.25, 0.3) is 5.91 Å². The molecule has 152 valence electrons. The van der Waals surface area contributed by atoms with Crippen molar-refractivity contribution in [2.75, 3.05) is 23.4 Å². The number of ether oxygens (including phenoxy) is 1. The molecule has 1 aliphatic heterocycles. The first kappa shape index (κ1) is 20.2. The molecule has 3 rings (SSSR count). The van der Waals surface area contributed by atoms with Crippen LogP contribution in [0.1, 0.15) is 6.92 Å². The Kier molecular flexibility index (Phi) is 5.74. The largest absolute Gasteiger partial charge is 0.443 e. The van der Waals surface area contributed by atoms with Crippen LogP contribution < -0.4 is 16.0 Å². The number of amides is 3. The predicted octanol–water partition coefficient (Wildman–Crippen LogP) is 1.27. The highest BCUT2D eigenvalue weighted by atomic mass is 19.1. The molecule has 1 saturated heterocycles. The zero-order valence-electron chi connectivity index (χ0n) is 15.5. The molecule has 2 atom stereocenters. The Morgan fingerprint density at radius 2 is 2.17 bits per heavy atom. The van der Waals surface area contributed by atoms with E-state index >= 15 is 0 Å². The van der Waals surface area contributed by atoms with E-state index in [4.69, 9.17) is 15.6 Å². The van der Waals surface area contributed by atoms with Crippen molar-refractivity contribution in [2.24, 2.45) is 11.7 Å². The van der Waals surface area contributed by atoms with Gasteiger partial charge < -0.3 is 20.9 Å². The van der Waals surface area contributed by atoms with E-state index in [-0.39, 0.29) is 23.6 Å². The highest BCUT2D eigenvalue weighted by Crippen LogP contribution is 2.30. The van der Waals surface area contributed by atoms with Crippen molar-refractivity contribution in [1.82, 2.24) is 4.98 Å². The van der Waals surface area contributed by atoms with E-state index in [1.807, 2.05) is 0 Å². The molecule has 1 unspecified atom stereocenters. The maximum Gasteiger partial charge on any atom is 0.414 e. The van der Waals surface area contributed by atoms with Crippen LogP contribution in [0.3, 0.4) is 0 Å². The highest BCUT2D eigenvalue weighted by molar-refractivity contribution is 5.92. The quantitative estimate of drug-likeness (QED) is 0.666. The molecule has 3 amide bonds. The van der Waals surface area contributed by atoms with E-state index in [1.165, 1.54) is 29.3 Å². The van der Waals surface area contributed by atoms with Gasteiger partial charge in [-0.25, -0.2) is 14.2 Å². The number of hydrogen-bond acceptors (Lipinski definition) is 6. The van der Waals surface area contributed by atoms with Gasteiger partial charge in [-0.15, -0.1) is 0 Å². The number of aromatic nitrogens is 1. The van der Waals surface area contributed by atoms with Crippen LogP contribution >= 0.6 is 0 Å². The fourth-order valence-electron chi connectivity index (χ4n) is 2.89. The lowest BCUT2D eigenvalue weighted by atomic mass is 10.0. The third-order valence-electron chi connectivity index (χ3n) is 4.59. The van der Waals surface area contributed by atoms with Crippen molar-refractivity contribution in [1.29, 1.82) is 0 Å². The Morgan fingerprint density at radius 1 is 1.41 bits per heavy atom. The second-order valence-electron chi connectivity index (χ2n) is 6.52. The number of carbonyl (C=O) groups excluding carboxylic acids is 3. The van der Waals surface area contributed by atoms with Crippen molar-refractivity contribution in [2.45, 2.75) is 13.0 Å². The van der Waals surface area contributed by atoms with Gasteiger partial charge in [0.1, 0.15) is 24.3 Å². The van der Waals surface area contributed by atoms with Crippen molar-refractivity contribution in [3.63, 3.8) is 0 Å². The van der Waals surface area contributed by atoms with Crippen LogP contribution in [-0.2, 0) is 14.3 Å². The molecule has 0 saturated carbocycles. The fraction of sp³-hybridized carbons (Fsp3) is 0.263. The number of benzene rings is 1. The summed E-state index contributed by atoms with van der Waals surface area (Å²) in [5.74, 6) is -2.34. The molecule has 2 heterocycles. The first-order chi connectivity index (χ1) is 13.8. The van der Waals surface area contributed by atoms with Crippen LogP contribution in [0.4, 0.5) is 20.7 Å². The summed E-state index contributed by atoms with van der Waals surface area (Å²) < 4.78 is 19.9. The Labute approximate surface area is 165 Å². The van der Waals surface area contributed by atoms with E-state index in [0.717, 1.165) is 0 Å². The smallest absolute Gasteiger partial charge is 0.414 e. The highest BCUT2D eigenvalue weighted by Gasteiger charge is 2.37. The third kappa shape index (κ3) is 4.32. The minimum absolute atomic E-state index is 0.0777. The zero-order valence-corrected chi connectivity index (χ0v) is 15.5. The first-order valence-electron chi connectivity index (χ1n) is 8.74. The zero-order chi connectivity index (χ0) is 21.1. The molecule has 1 aromatic heterocycles. The van der Waals surface area contributed by atoms with Gasteiger partial charge in [-0.1, -0.05) is 0 Å². The Balaban J connectivity index is 1.83. The number of nitrogens with zero attached hydrogens (tertiary/aromatic N) is 2. The van der Waals surface area contributed by atoms with Crippen LogP contribution in [0.5, 0.6) is 0 Å². The molecule has 10 heteroatoms. The minimum atomic E-state index is -0.708. The number of halogens is 1. The van der Waals surface area contributed by atoms with Crippen LogP contribution in [0.2, 0.25) is 0 Å². The lowest BCUT2D eigenvalue weighted by molar-refractivity contribution is -0.123. The van der Waals surface area contributed by atoms with Crippen LogP contribution in [-0.4, -0.2) is 47.3 Å². The van der Waals surface area contributed by atoms with Crippen LogP contribution in [0.25, 0.3) is 11.1 Å². The van der Waals surface area contributed by atoms with Gasteiger partial charge in [0.05, 0.1) is 18.2 Å². The SMILES string of the molecule is C[C@H](C(N)=O)C1CN(c2ccc(-c3ccnc(NC(=O)CO)c3)c(F)c2)C(=O)O1. The van der Waals surface area contributed by atoms with E-state index in [9.17, 15) is 18.8 Å². The van der Waals surface area contributed by atoms with E-state index < -0.39 is 42.4 Å². The van der Waals surface area contributed by atoms with Gasteiger partial charge in [-0.05, 0) is 42.8 Å². The van der Waals surface area contributed by atoms with E-state index in [2.05, 4.69) is 10.3 Å². The summed E-state index contributed by atoms with van der Waals surface area (Å²) in [5.41, 5.74) is 6.20. The summed E-state index contributed by atoms with van der Waals surface area (Å²) in [6, 6.07) is 7.22. The molecule has 4 N–H and O–H groups in total. The number of hydrogen-bond donors (Lipinski definition) is 3. The summed E-state index contributed by atoms with van der Waals surface area (Å²) in [4.78, 5) is 39.9. The second kappa shape index (κ2) is 8.23. The molecular weight excluding hydrogens is 383 g/mol. The molecule has 9 nitrogen and oxygen atoms in total. The lowest BCUT2D eigenvalue weighted by Gasteiger charge is -2.16. The first-order valence-corrected chi connectivity index (χ1v) is 8.74. The lowest BCUT2D eigenvalue weighted by Crippen LogP contribution is -2.34. The molecular formula is C19H19FN4O5. The van der Waals surface area contributed by atoms with Crippen molar-refractivity contribution in [3.8, 4) is 11.1 Å². The standard InChI is InChI=1S/C19H19FN4O5/c1-10(18(21)27)15-8-24(19(28)29-15)12-2-3-13(14(20)7-12)11-4-5-22-16(6-11)23-17(26)9-25/h2-7,10,15,25H,8-9H2,1H3,(H2,21,27)(H,22,23,26)/t10-,15?/m0/s1. The van der Waals surface area contributed by atoms with Crippen molar-refractivity contribution in [3.05, 3.63) is 42.3 Å². The molecule has 1 aliphatic rings. The Bertz CT molecular complexity index is 967. The van der Waals surface area contributed by atoms with Crippen LogP contribution in [0.15, 0.2) is 36.5 Å². The summed E-state index contributed by atoms with van der Waals surface area (Å²) in [5, 5.41) is 11.2. The average molecular weight is 402 g/mol. The van der Waals surface area contributed by atoms with E-state index in [1.54, 1.807) is 19.1 Å². The summed E-state index contributed by atoms with van der Waals surface area (Å²) in [6.07, 6.45) is -0.00245. The summed E-state index contributed by atoms with van der Waals surface area (Å²) >= 11 is 0. The maximum absolute atomic E-state index is 14.8. The second-order valence-corrected chi connectivity index (χ2v) is 6.52. The normalized spacial score (nSPS) is 17.0. The molecule has 0 spiro atoms. The predicted molar refractivity (Wildman–Crippen MR) is 101 cm³/mol. The fourth-order valence-corrected chi connectivity index (χ4v) is 2.89. The van der Waals surface area contributed by atoms with Gasteiger partial charge in [0.15, 0.2) is 0 Å². The number of cyclic esters (lactones) is 1. The third-order valence-corrected chi connectivity index (χ3v) is 4.59. The summed E-state index contributed by atoms with van der Waals surface area (Å²) in [7, 11) is 0. The number of nitrogens with one attached hydrogen (secondary N) is 1. The van der Waals surface area contributed by atoms with Crippen molar-refractivity contribution >= 4 is 29.4 Å². The van der Waals surface area contributed by atoms with Gasteiger partial charge in [0.2, 0.25) is 5.91 Å². The number of aliphatic hydroxyl groups excluding tert-OH is 1. The number of nitrogens with two attached hydrogens (primary N) is 1. The maximum atomic E-state index is 14.8. The number of aliphatic hydroxyl groups is 1.